The molecule has 0 aliphatic heterocycles. The number of anilines is 1. The summed E-state index contributed by atoms with van der Waals surface area (Å²) in [5.74, 6) is -0.582. The largest absolute Gasteiger partial charge is 0.497 e. The first-order valence-corrected chi connectivity index (χ1v) is 9.93. The molecule has 0 fully saturated rings. The molecule has 0 aliphatic carbocycles. The van der Waals surface area contributed by atoms with E-state index >= 15 is 0 Å². The maximum Gasteiger partial charge on any atom is 0.264 e. The van der Waals surface area contributed by atoms with Crippen LogP contribution in [0.25, 0.3) is 0 Å². The van der Waals surface area contributed by atoms with Crippen LogP contribution < -0.4 is 9.04 Å². The Morgan fingerprint density at radius 2 is 1.64 bits per heavy atom. The van der Waals surface area contributed by atoms with E-state index < -0.39 is 21.7 Å². The van der Waals surface area contributed by atoms with Crippen LogP contribution in [-0.4, -0.2) is 15.5 Å². The zero-order valence-electron chi connectivity index (χ0n) is 15.4. The normalized spacial score (nSPS) is 11.3. The fraction of sp³-hybridized carbons (Fsp3) is 0.143. The lowest BCUT2D eigenvalue weighted by Crippen LogP contribution is -2.31. The third kappa shape index (κ3) is 3.99. The molecule has 3 aromatic carbocycles. The molecule has 3 rings (SSSR count). The van der Waals surface area contributed by atoms with Crippen molar-refractivity contribution in [2.75, 3.05) is 11.4 Å². The number of hydrogen-bond acceptors (Lipinski definition) is 3. The van der Waals surface area contributed by atoms with Gasteiger partial charge in [0.15, 0.2) is 0 Å². The number of aryl methyl sites for hydroxylation is 1. The summed E-state index contributed by atoms with van der Waals surface area (Å²) in [5.41, 5.74) is 0.811. The molecule has 0 spiro atoms. The lowest BCUT2D eigenvalue weighted by atomic mass is 10.2. The summed E-state index contributed by atoms with van der Waals surface area (Å²) < 4.78 is 60.8. The predicted molar refractivity (Wildman–Crippen MR) is 104 cm³/mol. The van der Waals surface area contributed by atoms with Gasteiger partial charge in [-0.05, 0) is 60.5 Å². The first kappa shape index (κ1) is 19.8. The number of halogens is 2. The van der Waals surface area contributed by atoms with Gasteiger partial charge in [-0.3, -0.25) is 4.31 Å². The first-order valence-electron chi connectivity index (χ1n) is 8.49. The number of hydrogen-bond donors (Lipinski definition) is 0. The van der Waals surface area contributed by atoms with E-state index in [9.17, 15) is 17.2 Å². The van der Waals surface area contributed by atoms with E-state index in [0.717, 1.165) is 16.4 Å². The molecule has 0 radical (unpaired) electrons. The minimum absolute atomic E-state index is 0.0781. The van der Waals surface area contributed by atoms with Crippen LogP contribution in [0.2, 0.25) is 0 Å². The maximum atomic E-state index is 14.5. The van der Waals surface area contributed by atoms with Crippen molar-refractivity contribution < 1.29 is 21.9 Å². The quantitative estimate of drug-likeness (QED) is 0.601. The second kappa shape index (κ2) is 7.98. The number of benzene rings is 3. The topological polar surface area (TPSA) is 46.6 Å². The average molecular weight is 403 g/mol. The minimum atomic E-state index is -4.14. The van der Waals surface area contributed by atoms with E-state index in [1.54, 1.807) is 30.3 Å². The molecule has 4 nitrogen and oxygen atoms in total. The third-order valence-corrected chi connectivity index (χ3v) is 6.23. The molecule has 0 amide bonds. The van der Waals surface area contributed by atoms with E-state index in [-0.39, 0.29) is 22.7 Å². The molecule has 3 aromatic rings. The SMILES string of the molecule is COc1ccc(CN(c2ccccc2F)S(=O)(=O)c2ccc(F)cc2C)cc1. The number of rotatable bonds is 6. The summed E-state index contributed by atoms with van der Waals surface area (Å²) in [6, 6.07) is 15.9. The van der Waals surface area contributed by atoms with Crippen LogP contribution in [0.4, 0.5) is 14.5 Å². The van der Waals surface area contributed by atoms with Crippen molar-refractivity contribution in [2.45, 2.75) is 18.4 Å². The Morgan fingerprint density at radius 1 is 0.964 bits per heavy atom. The summed E-state index contributed by atoms with van der Waals surface area (Å²) in [4.78, 5) is -0.0781. The second-order valence-corrected chi connectivity index (χ2v) is 8.05. The fourth-order valence-corrected chi connectivity index (χ4v) is 4.54. The molecule has 0 unspecified atom stereocenters. The van der Waals surface area contributed by atoms with Crippen molar-refractivity contribution in [1.29, 1.82) is 0 Å². The average Bonchev–Trinajstić information content (AvgIpc) is 2.67. The smallest absolute Gasteiger partial charge is 0.264 e. The first-order chi connectivity index (χ1) is 13.3. The summed E-state index contributed by atoms with van der Waals surface area (Å²) >= 11 is 0. The summed E-state index contributed by atoms with van der Waals surface area (Å²) in [5, 5.41) is 0. The van der Waals surface area contributed by atoms with Gasteiger partial charge in [0.05, 0.1) is 24.2 Å². The molecule has 0 atom stereocenters. The van der Waals surface area contributed by atoms with Gasteiger partial charge < -0.3 is 4.74 Å². The monoisotopic (exact) mass is 403 g/mol. The van der Waals surface area contributed by atoms with Gasteiger partial charge >= 0.3 is 0 Å². The van der Waals surface area contributed by atoms with Crippen molar-refractivity contribution in [3.63, 3.8) is 0 Å². The summed E-state index contributed by atoms with van der Waals surface area (Å²) in [7, 11) is -2.61. The van der Waals surface area contributed by atoms with Gasteiger partial charge in [-0.2, -0.15) is 0 Å². The number of methoxy groups -OCH3 is 1. The molecular weight excluding hydrogens is 384 g/mol. The molecule has 0 N–H and O–H groups in total. The maximum absolute atomic E-state index is 14.5. The van der Waals surface area contributed by atoms with Crippen molar-refractivity contribution in [3.05, 3.63) is 89.5 Å². The van der Waals surface area contributed by atoms with Crippen LogP contribution in [0.5, 0.6) is 5.75 Å². The van der Waals surface area contributed by atoms with Gasteiger partial charge in [-0.25, -0.2) is 17.2 Å². The lowest BCUT2D eigenvalue weighted by molar-refractivity contribution is 0.414. The van der Waals surface area contributed by atoms with E-state index in [1.165, 1.54) is 38.3 Å². The highest BCUT2D eigenvalue weighted by molar-refractivity contribution is 7.92. The second-order valence-electron chi connectivity index (χ2n) is 6.22. The van der Waals surface area contributed by atoms with Crippen LogP contribution in [0.1, 0.15) is 11.1 Å². The molecule has 0 saturated carbocycles. The van der Waals surface area contributed by atoms with Crippen LogP contribution >= 0.6 is 0 Å². The highest BCUT2D eigenvalue weighted by Crippen LogP contribution is 2.30. The zero-order valence-corrected chi connectivity index (χ0v) is 16.2. The Morgan fingerprint density at radius 3 is 2.25 bits per heavy atom. The molecular formula is C21H19F2NO3S. The molecule has 28 heavy (non-hydrogen) atoms. The third-order valence-electron chi connectivity index (χ3n) is 4.31. The Labute approximate surface area is 163 Å². The van der Waals surface area contributed by atoms with E-state index in [1.807, 2.05) is 0 Å². The summed E-state index contributed by atoms with van der Waals surface area (Å²) in [6.45, 7) is 1.41. The van der Waals surface area contributed by atoms with E-state index in [0.29, 0.717) is 11.3 Å². The highest BCUT2D eigenvalue weighted by Gasteiger charge is 2.28. The molecule has 0 saturated heterocycles. The van der Waals surface area contributed by atoms with Gasteiger partial charge in [0, 0.05) is 0 Å². The molecule has 0 aromatic heterocycles. The number of sulfonamides is 1. The molecule has 0 aliphatic rings. The van der Waals surface area contributed by atoms with Gasteiger partial charge in [0.25, 0.3) is 10.0 Å². The van der Waals surface area contributed by atoms with Gasteiger partial charge in [0.2, 0.25) is 0 Å². The Kier molecular flexibility index (Phi) is 5.65. The minimum Gasteiger partial charge on any atom is -0.497 e. The van der Waals surface area contributed by atoms with Crippen LogP contribution in [0, 0.1) is 18.6 Å². The summed E-state index contributed by atoms with van der Waals surface area (Å²) in [6.07, 6.45) is 0. The van der Waals surface area contributed by atoms with Gasteiger partial charge in [0.1, 0.15) is 17.4 Å². The molecule has 0 heterocycles. The molecule has 0 bridgehead atoms. The van der Waals surface area contributed by atoms with Gasteiger partial charge in [-0.15, -0.1) is 0 Å². The number of para-hydroxylation sites is 1. The standard InChI is InChI=1S/C21H19F2NO3S/c1-15-13-17(22)9-12-21(15)28(25,26)24(20-6-4-3-5-19(20)23)14-16-7-10-18(27-2)11-8-16/h3-13H,14H2,1-2H3. The Hall–Kier alpha value is -2.93. The van der Waals surface area contributed by atoms with Crippen LogP contribution in [-0.2, 0) is 16.6 Å². The van der Waals surface area contributed by atoms with Crippen molar-refractivity contribution in [3.8, 4) is 5.75 Å². The lowest BCUT2D eigenvalue weighted by Gasteiger charge is -2.26. The van der Waals surface area contributed by atoms with Crippen LogP contribution in [0.3, 0.4) is 0 Å². The van der Waals surface area contributed by atoms with Crippen molar-refractivity contribution >= 4 is 15.7 Å². The predicted octanol–water partition coefficient (Wildman–Crippen LogP) is 4.68. The number of nitrogens with zero attached hydrogens (tertiary/aromatic N) is 1. The van der Waals surface area contributed by atoms with E-state index in [2.05, 4.69) is 0 Å². The van der Waals surface area contributed by atoms with Gasteiger partial charge in [-0.1, -0.05) is 24.3 Å². The Balaban J connectivity index is 2.11. The van der Waals surface area contributed by atoms with Crippen molar-refractivity contribution in [1.82, 2.24) is 0 Å². The van der Waals surface area contributed by atoms with Crippen molar-refractivity contribution in [2.24, 2.45) is 0 Å². The zero-order chi connectivity index (χ0) is 20.3. The Bertz CT molecular complexity index is 1080. The van der Waals surface area contributed by atoms with E-state index in [4.69, 9.17) is 4.74 Å². The highest BCUT2D eigenvalue weighted by atomic mass is 32.2. The van der Waals surface area contributed by atoms with Crippen LogP contribution in [0.15, 0.2) is 71.6 Å². The number of ether oxygens (including phenoxy) is 1. The molecule has 146 valence electrons. The molecule has 7 heteroatoms. The fourth-order valence-electron chi connectivity index (χ4n) is 2.87.